The van der Waals surface area contributed by atoms with Crippen molar-refractivity contribution in [3.8, 4) is 0 Å². The van der Waals surface area contributed by atoms with Gasteiger partial charge in [0.1, 0.15) is 0 Å². The fraction of sp³-hybridized carbons (Fsp3) is 1.00. The van der Waals surface area contributed by atoms with Gasteiger partial charge < -0.3 is 16.2 Å². The standard InChI is InChI=1S/C12H26N2O/c13-10-12(14-8-4-5-9-15)11-6-2-1-3-7-11/h11-12,14-15H,1-10,13H2. The van der Waals surface area contributed by atoms with Crippen molar-refractivity contribution < 1.29 is 5.11 Å². The Morgan fingerprint density at radius 1 is 1.20 bits per heavy atom. The molecule has 1 atom stereocenters. The number of nitrogens with one attached hydrogen (secondary N) is 1. The number of aliphatic hydroxyl groups excluding tert-OH is 1. The number of hydrogen-bond acceptors (Lipinski definition) is 3. The van der Waals surface area contributed by atoms with E-state index >= 15 is 0 Å². The number of rotatable bonds is 7. The average molecular weight is 214 g/mol. The topological polar surface area (TPSA) is 58.3 Å². The van der Waals surface area contributed by atoms with Gasteiger partial charge >= 0.3 is 0 Å². The molecule has 0 spiro atoms. The van der Waals surface area contributed by atoms with Crippen LogP contribution in [0.2, 0.25) is 0 Å². The Kier molecular flexibility index (Phi) is 6.98. The van der Waals surface area contributed by atoms with E-state index in [0.717, 1.165) is 31.8 Å². The van der Waals surface area contributed by atoms with Crippen LogP contribution in [0.15, 0.2) is 0 Å². The predicted molar refractivity (Wildman–Crippen MR) is 63.7 cm³/mol. The third-order valence-electron chi connectivity index (χ3n) is 3.46. The van der Waals surface area contributed by atoms with Crippen LogP contribution >= 0.6 is 0 Å². The van der Waals surface area contributed by atoms with E-state index in [4.69, 9.17) is 10.8 Å². The lowest BCUT2D eigenvalue weighted by Gasteiger charge is -2.30. The van der Waals surface area contributed by atoms with Crippen LogP contribution in [-0.2, 0) is 0 Å². The summed E-state index contributed by atoms with van der Waals surface area (Å²) < 4.78 is 0. The molecule has 3 nitrogen and oxygen atoms in total. The van der Waals surface area contributed by atoms with E-state index in [0.29, 0.717) is 12.6 Å². The maximum absolute atomic E-state index is 8.68. The minimum atomic E-state index is 0.304. The third-order valence-corrected chi connectivity index (χ3v) is 3.46. The summed E-state index contributed by atoms with van der Waals surface area (Å²) >= 11 is 0. The van der Waals surface area contributed by atoms with Crippen LogP contribution in [0.5, 0.6) is 0 Å². The molecule has 0 saturated heterocycles. The summed E-state index contributed by atoms with van der Waals surface area (Å²) in [4.78, 5) is 0. The van der Waals surface area contributed by atoms with Gasteiger partial charge in [0.2, 0.25) is 0 Å². The van der Waals surface area contributed by atoms with E-state index < -0.39 is 0 Å². The molecule has 4 N–H and O–H groups in total. The fourth-order valence-corrected chi connectivity index (χ4v) is 2.50. The molecule has 1 aliphatic rings. The normalized spacial score (nSPS) is 20.4. The van der Waals surface area contributed by atoms with E-state index in [9.17, 15) is 0 Å². The summed E-state index contributed by atoms with van der Waals surface area (Å²) in [7, 11) is 0. The highest BCUT2D eigenvalue weighted by Crippen LogP contribution is 2.26. The number of aliphatic hydroxyl groups is 1. The fourth-order valence-electron chi connectivity index (χ4n) is 2.50. The van der Waals surface area contributed by atoms with Gasteiger partial charge in [0.05, 0.1) is 0 Å². The quantitative estimate of drug-likeness (QED) is 0.559. The van der Waals surface area contributed by atoms with Crippen LogP contribution in [0, 0.1) is 5.92 Å². The summed E-state index contributed by atoms with van der Waals surface area (Å²) in [5.41, 5.74) is 5.81. The lowest BCUT2D eigenvalue weighted by atomic mass is 9.84. The Balaban J connectivity index is 2.15. The maximum Gasteiger partial charge on any atom is 0.0431 e. The maximum atomic E-state index is 8.68. The number of nitrogens with two attached hydrogens (primary N) is 1. The molecule has 1 rings (SSSR count). The van der Waals surface area contributed by atoms with Crippen molar-refractivity contribution in [2.75, 3.05) is 19.7 Å². The van der Waals surface area contributed by atoms with E-state index in [1.807, 2.05) is 0 Å². The summed E-state index contributed by atoms with van der Waals surface area (Å²) in [6.45, 7) is 2.06. The SMILES string of the molecule is NCC(NCCCCO)C1CCCCC1. The van der Waals surface area contributed by atoms with Gasteiger partial charge in [-0.15, -0.1) is 0 Å². The van der Waals surface area contributed by atoms with Gasteiger partial charge in [-0.3, -0.25) is 0 Å². The summed E-state index contributed by atoms with van der Waals surface area (Å²) in [5, 5.41) is 12.2. The molecular weight excluding hydrogens is 188 g/mol. The Labute approximate surface area is 93.4 Å². The highest BCUT2D eigenvalue weighted by Gasteiger charge is 2.21. The van der Waals surface area contributed by atoms with Crippen LogP contribution < -0.4 is 11.1 Å². The molecule has 1 unspecified atom stereocenters. The molecule has 0 aromatic heterocycles. The first kappa shape index (κ1) is 12.9. The van der Waals surface area contributed by atoms with Crippen molar-refractivity contribution >= 4 is 0 Å². The molecule has 0 heterocycles. The van der Waals surface area contributed by atoms with Crippen LogP contribution in [0.1, 0.15) is 44.9 Å². The van der Waals surface area contributed by atoms with Crippen LogP contribution in [0.4, 0.5) is 0 Å². The van der Waals surface area contributed by atoms with Crippen molar-refractivity contribution in [2.45, 2.75) is 51.0 Å². The minimum absolute atomic E-state index is 0.304. The average Bonchev–Trinajstić information content (AvgIpc) is 2.30. The van der Waals surface area contributed by atoms with Gasteiger partial charge in [0.25, 0.3) is 0 Å². The van der Waals surface area contributed by atoms with Gasteiger partial charge in [-0.05, 0) is 38.1 Å². The van der Waals surface area contributed by atoms with Crippen molar-refractivity contribution in [1.29, 1.82) is 0 Å². The smallest absolute Gasteiger partial charge is 0.0431 e. The Hall–Kier alpha value is -0.120. The van der Waals surface area contributed by atoms with E-state index in [2.05, 4.69) is 5.32 Å². The van der Waals surface area contributed by atoms with Gasteiger partial charge in [-0.25, -0.2) is 0 Å². The Morgan fingerprint density at radius 3 is 2.53 bits per heavy atom. The highest BCUT2D eigenvalue weighted by atomic mass is 16.2. The molecule has 1 aliphatic carbocycles. The van der Waals surface area contributed by atoms with Crippen LogP contribution in [0.3, 0.4) is 0 Å². The predicted octanol–water partition coefficient (Wildman–Crippen LogP) is 1.26. The molecule has 0 radical (unpaired) electrons. The summed E-state index contributed by atoms with van der Waals surface area (Å²) in [6.07, 6.45) is 8.79. The van der Waals surface area contributed by atoms with Crippen molar-refractivity contribution in [2.24, 2.45) is 11.7 Å². The van der Waals surface area contributed by atoms with Gasteiger partial charge in [-0.1, -0.05) is 19.3 Å². The molecule has 0 bridgehead atoms. The first-order valence-corrected chi connectivity index (χ1v) is 6.42. The summed E-state index contributed by atoms with van der Waals surface area (Å²) in [6, 6.07) is 0.504. The zero-order valence-electron chi connectivity index (χ0n) is 9.75. The molecule has 1 saturated carbocycles. The molecule has 0 amide bonds. The van der Waals surface area contributed by atoms with Crippen LogP contribution in [0.25, 0.3) is 0 Å². The van der Waals surface area contributed by atoms with Gasteiger partial charge in [0, 0.05) is 19.2 Å². The largest absolute Gasteiger partial charge is 0.396 e. The molecule has 15 heavy (non-hydrogen) atoms. The minimum Gasteiger partial charge on any atom is -0.396 e. The second-order valence-electron chi connectivity index (χ2n) is 4.63. The van der Waals surface area contributed by atoms with Gasteiger partial charge in [0.15, 0.2) is 0 Å². The lowest BCUT2D eigenvalue weighted by Crippen LogP contribution is -2.43. The number of hydrogen-bond donors (Lipinski definition) is 3. The van der Waals surface area contributed by atoms with Crippen molar-refractivity contribution in [3.05, 3.63) is 0 Å². The van der Waals surface area contributed by atoms with Crippen molar-refractivity contribution in [1.82, 2.24) is 5.32 Å². The Morgan fingerprint density at radius 2 is 1.93 bits per heavy atom. The monoisotopic (exact) mass is 214 g/mol. The molecule has 1 fully saturated rings. The summed E-state index contributed by atoms with van der Waals surface area (Å²) in [5.74, 6) is 0.790. The first-order valence-electron chi connectivity index (χ1n) is 6.42. The molecule has 0 aromatic rings. The zero-order valence-corrected chi connectivity index (χ0v) is 9.75. The van der Waals surface area contributed by atoms with Crippen LogP contribution in [-0.4, -0.2) is 30.8 Å². The molecular formula is C12H26N2O. The van der Waals surface area contributed by atoms with E-state index in [1.165, 1.54) is 32.1 Å². The molecule has 90 valence electrons. The van der Waals surface area contributed by atoms with E-state index in [1.54, 1.807) is 0 Å². The molecule has 3 heteroatoms. The molecule has 0 aromatic carbocycles. The number of unbranched alkanes of at least 4 members (excludes halogenated alkanes) is 1. The first-order chi connectivity index (χ1) is 7.38. The second-order valence-corrected chi connectivity index (χ2v) is 4.63. The second kappa shape index (κ2) is 8.08. The lowest BCUT2D eigenvalue weighted by molar-refractivity contribution is 0.261. The van der Waals surface area contributed by atoms with E-state index in [-0.39, 0.29) is 0 Å². The Bertz CT molecular complexity index is 147. The zero-order chi connectivity index (χ0) is 10.9. The van der Waals surface area contributed by atoms with Crippen molar-refractivity contribution in [3.63, 3.8) is 0 Å². The van der Waals surface area contributed by atoms with Gasteiger partial charge in [-0.2, -0.15) is 0 Å². The highest BCUT2D eigenvalue weighted by molar-refractivity contribution is 4.79. The third kappa shape index (κ3) is 4.96. The molecule has 0 aliphatic heterocycles.